The molecule has 1 saturated heterocycles. The van der Waals surface area contributed by atoms with E-state index >= 15 is 0 Å². The van der Waals surface area contributed by atoms with Gasteiger partial charge in [0.25, 0.3) is 0 Å². The van der Waals surface area contributed by atoms with Crippen LogP contribution in [0.1, 0.15) is 17.7 Å². The minimum Gasteiger partial charge on any atom is -0.481 e. The summed E-state index contributed by atoms with van der Waals surface area (Å²) >= 11 is 7.21. The van der Waals surface area contributed by atoms with E-state index in [4.69, 9.17) is 16.7 Å². The van der Waals surface area contributed by atoms with Crippen molar-refractivity contribution >= 4 is 28.9 Å². The zero-order chi connectivity index (χ0) is 11.5. The van der Waals surface area contributed by atoms with Gasteiger partial charge in [0.1, 0.15) is 0 Å². The van der Waals surface area contributed by atoms with Crippen molar-refractivity contribution in [1.82, 2.24) is 9.88 Å². The maximum absolute atomic E-state index is 10.9. The predicted octanol–water partition coefficient (Wildman–Crippen LogP) is 2.09. The minimum atomic E-state index is -0.688. The first-order valence-electron chi connectivity index (χ1n) is 5.20. The van der Waals surface area contributed by atoms with Gasteiger partial charge in [-0.15, -0.1) is 11.3 Å². The molecule has 0 unspecified atom stereocenters. The van der Waals surface area contributed by atoms with Gasteiger partial charge in [-0.2, -0.15) is 0 Å². The van der Waals surface area contributed by atoms with Gasteiger partial charge in [-0.25, -0.2) is 4.98 Å². The van der Waals surface area contributed by atoms with Crippen LogP contribution in [-0.4, -0.2) is 34.0 Å². The van der Waals surface area contributed by atoms with Gasteiger partial charge in [0.05, 0.1) is 5.92 Å². The van der Waals surface area contributed by atoms with Crippen LogP contribution < -0.4 is 0 Å². The van der Waals surface area contributed by atoms with Crippen LogP contribution in [0.2, 0.25) is 4.47 Å². The highest BCUT2D eigenvalue weighted by molar-refractivity contribution is 7.15. The Labute approximate surface area is 103 Å². The maximum Gasteiger partial charge on any atom is 0.307 e. The lowest BCUT2D eigenvalue weighted by molar-refractivity contribution is -0.143. The number of likely N-dealkylation sites (tertiary alicyclic amines) is 1. The fourth-order valence-electron chi connectivity index (χ4n) is 1.98. The Morgan fingerprint density at radius 2 is 2.56 bits per heavy atom. The van der Waals surface area contributed by atoms with Gasteiger partial charge in [0.15, 0.2) is 4.47 Å². The number of piperidine rings is 1. The fourth-order valence-corrected chi connectivity index (χ4v) is 3.00. The number of carbonyl (C=O) groups is 1. The molecule has 88 valence electrons. The number of halogens is 1. The summed E-state index contributed by atoms with van der Waals surface area (Å²) in [6.07, 6.45) is 3.50. The highest BCUT2D eigenvalue weighted by atomic mass is 35.5. The molecule has 1 aromatic rings. The number of aromatic nitrogens is 1. The van der Waals surface area contributed by atoms with E-state index in [1.165, 1.54) is 11.3 Å². The molecule has 1 atom stereocenters. The molecular formula is C10H13ClN2O2S. The monoisotopic (exact) mass is 260 g/mol. The summed E-state index contributed by atoms with van der Waals surface area (Å²) in [5, 5.41) is 8.97. The summed E-state index contributed by atoms with van der Waals surface area (Å²) < 4.78 is 0.543. The van der Waals surface area contributed by atoms with Crippen LogP contribution in [0.25, 0.3) is 0 Å². The molecule has 6 heteroatoms. The Balaban J connectivity index is 1.92. The third-order valence-corrected chi connectivity index (χ3v) is 3.86. The zero-order valence-corrected chi connectivity index (χ0v) is 10.3. The van der Waals surface area contributed by atoms with E-state index in [-0.39, 0.29) is 5.92 Å². The van der Waals surface area contributed by atoms with Crippen molar-refractivity contribution in [2.75, 3.05) is 13.1 Å². The van der Waals surface area contributed by atoms with Crippen LogP contribution in [0, 0.1) is 5.92 Å². The van der Waals surface area contributed by atoms with Gasteiger partial charge in [0, 0.05) is 24.2 Å². The van der Waals surface area contributed by atoms with Crippen LogP contribution in [0.4, 0.5) is 0 Å². The highest BCUT2D eigenvalue weighted by Crippen LogP contribution is 2.23. The topological polar surface area (TPSA) is 53.4 Å². The van der Waals surface area contributed by atoms with Gasteiger partial charge < -0.3 is 5.11 Å². The third kappa shape index (κ3) is 2.93. The molecule has 2 heterocycles. The van der Waals surface area contributed by atoms with Crippen molar-refractivity contribution in [2.24, 2.45) is 5.92 Å². The van der Waals surface area contributed by atoms with Crippen LogP contribution >= 0.6 is 22.9 Å². The van der Waals surface area contributed by atoms with E-state index in [0.29, 0.717) is 11.0 Å². The Morgan fingerprint density at radius 3 is 3.19 bits per heavy atom. The molecule has 1 aliphatic rings. The largest absolute Gasteiger partial charge is 0.481 e. The number of nitrogens with zero attached hydrogens (tertiary/aromatic N) is 2. The van der Waals surface area contributed by atoms with E-state index < -0.39 is 5.97 Å². The lowest BCUT2D eigenvalue weighted by atomic mass is 9.98. The van der Waals surface area contributed by atoms with Gasteiger partial charge in [0.2, 0.25) is 0 Å². The van der Waals surface area contributed by atoms with E-state index in [2.05, 4.69) is 9.88 Å². The average molecular weight is 261 g/mol. The summed E-state index contributed by atoms with van der Waals surface area (Å²) in [6, 6.07) is 0. The number of hydrogen-bond acceptors (Lipinski definition) is 4. The van der Waals surface area contributed by atoms with Gasteiger partial charge in [-0.3, -0.25) is 9.69 Å². The molecule has 1 fully saturated rings. The molecule has 4 nitrogen and oxygen atoms in total. The normalized spacial score (nSPS) is 22.2. The van der Waals surface area contributed by atoms with Crippen LogP contribution in [0.5, 0.6) is 0 Å². The van der Waals surface area contributed by atoms with Gasteiger partial charge >= 0.3 is 5.97 Å². The summed E-state index contributed by atoms with van der Waals surface area (Å²) in [7, 11) is 0. The average Bonchev–Trinajstić information content (AvgIpc) is 2.64. The predicted molar refractivity (Wildman–Crippen MR) is 62.8 cm³/mol. The van der Waals surface area contributed by atoms with Crippen molar-refractivity contribution in [1.29, 1.82) is 0 Å². The summed E-state index contributed by atoms with van der Waals surface area (Å²) in [5.74, 6) is -0.913. The molecule has 0 radical (unpaired) electrons. The lowest BCUT2D eigenvalue weighted by Gasteiger charge is -2.29. The zero-order valence-electron chi connectivity index (χ0n) is 8.73. The van der Waals surface area contributed by atoms with Crippen molar-refractivity contribution < 1.29 is 9.90 Å². The molecule has 2 rings (SSSR count). The molecular weight excluding hydrogens is 248 g/mol. The number of aliphatic carboxylic acids is 1. The Hall–Kier alpha value is -0.650. The quantitative estimate of drug-likeness (QED) is 0.904. The molecule has 16 heavy (non-hydrogen) atoms. The Bertz CT molecular complexity index is 383. The Kier molecular flexibility index (Phi) is 3.78. The molecule has 0 saturated carbocycles. The molecule has 0 spiro atoms. The second-order valence-electron chi connectivity index (χ2n) is 3.99. The summed E-state index contributed by atoms with van der Waals surface area (Å²) in [4.78, 5) is 18.1. The molecule has 0 bridgehead atoms. The first-order chi connectivity index (χ1) is 7.65. The van der Waals surface area contributed by atoms with Gasteiger partial charge in [-0.05, 0) is 19.4 Å². The first-order valence-corrected chi connectivity index (χ1v) is 6.40. The van der Waals surface area contributed by atoms with Crippen molar-refractivity contribution in [3.8, 4) is 0 Å². The highest BCUT2D eigenvalue weighted by Gasteiger charge is 2.25. The number of thiazole rings is 1. The van der Waals surface area contributed by atoms with Crippen LogP contribution in [0.15, 0.2) is 6.20 Å². The molecule has 1 aromatic heterocycles. The second kappa shape index (κ2) is 5.12. The molecule has 0 amide bonds. The standard InChI is InChI=1S/C10H13ClN2O2S/c11-10-12-4-8(16-10)6-13-3-1-2-7(5-13)9(14)15/h4,7H,1-3,5-6H2,(H,14,15)/t7-/m1/s1. The van der Waals surface area contributed by atoms with Crippen molar-refractivity contribution in [3.63, 3.8) is 0 Å². The molecule has 1 aliphatic heterocycles. The second-order valence-corrected chi connectivity index (χ2v) is 5.69. The van der Waals surface area contributed by atoms with Crippen molar-refractivity contribution in [3.05, 3.63) is 15.5 Å². The molecule has 0 aliphatic carbocycles. The van der Waals surface area contributed by atoms with E-state index in [0.717, 1.165) is 30.8 Å². The number of carboxylic acid groups (broad SMARTS) is 1. The maximum atomic E-state index is 10.9. The lowest BCUT2D eigenvalue weighted by Crippen LogP contribution is -2.37. The van der Waals surface area contributed by atoms with Crippen LogP contribution in [-0.2, 0) is 11.3 Å². The van der Waals surface area contributed by atoms with Crippen molar-refractivity contribution in [2.45, 2.75) is 19.4 Å². The van der Waals surface area contributed by atoms with E-state index in [1.54, 1.807) is 6.20 Å². The van der Waals surface area contributed by atoms with Crippen LogP contribution in [0.3, 0.4) is 0 Å². The molecule has 1 N–H and O–H groups in total. The number of hydrogen-bond donors (Lipinski definition) is 1. The molecule has 0 aromatic carbocycles. The summed E-state index contributed by atoms with van der Waals surface area (Å²) in [6.45, 7) is 2.35. The third-order valence-electron chi connectivity index (χ3n) is 2.76. The minimum absolute atomic E-state index is 0.225. The first kappa shape index (κ1) is 11.8. The Morgan fingerprint density at radius 1 is 1.75 bits per heavy atom. The summed E-state index contributed by atoms with van der Waals surface area (Å²) in [5.41, 5.74) is 0. The van der Waals surface area contributed by atoms with E-state index in [1.807, 2.05) is 0 Å². The SMILES string of the molecule is O=C(O)[C@@H]1CCCN(Cc2cnc(Cl)s2)C1. The number of rotatable bonds is 3. The fraction of sp³-hybridized carbons (Fsp3) is 0.600. The number of carboxylic acids is 1. The van der Waals surface area contributed by atoms with E-state index in [9.17, 15) is 4.79 Å². The smallest absolute Gasteiger partial charge is 0.307 e. The van der Waals surface area contributed by atoms with Gasteiger partial charge in [-0.1, -0.05) is 11.6 Å².